The van der Waals surface area contributed by atoms with Crippen molar-refractivity contribution < 1.29 is 0 Å². The molecule has 1 nitrogen and oxygen atoms in total. The van der Waals surface area contributed by atoms with Crippen molar-refractivity contribution >= 4 is 38.4 Å². The second kappa shape index (κ2) is 3.28. The lowest BCUT2D eigenvalue weighted by Gasteiger charge is -2.01. The predicted molar refractivity (Wildman–Crippen MR) is 59.2 cm³/mol. The number of pyridine rings is 1. The summed E-state index contributed by atoms with van der Waals surface area (Å²) in [5.41, 5.74) is 2.11. The van der Waals surface area contributed by atoms with Crippen molar-refractivity contribution in [3.05, 3.63) is 39.5 Å². The van der Waals surface area contributed by atoms with Gasteiger partial charge < -0.3 is 0 Å². The Kier molecular flexibility index (Phi) is 2.26. The van der Waals surface area contributed by atoms with E-state index in [4.69, 9.17) is 11.6 Å². The van der Waals surface area contributed by atoms with Crippen LogP contribution in [0.25, 0.3) is 10.9 Å². The molecule has 2 rings (SSSR count). The number of hydrogen-bond donors (Lipinski definition) is 0. The molecule has 0 aliphatic rings. The van der Waals surface area contributed by atoms with Gasteiger partial charge in [-0.15, -0.1) is 0 Å². The standard InChI is InChI=1S/C10H7BrClN/c1-6-4-9-7(5-8(6)11)2-3-10(12)13-9/h2-5H,1H3. The quantitative estimate of drug-likeness (QED) is 0.650. The number of aryl methyl sites for hydroxylation is 1. The minimum atomic E-state index is 0.536. The Balaban J connectivity index is 2.81. The summed E-state index contributed by atoms with van der Waals surface area (Å²) in [5.74, 6) is 0. The molecule has 3 heteroatoms. The van der Waals surface area contributed by atoms with E-state index in [1.54, 1.807) is 6.07 Å². The molecule has 0 saturated heterocycles. The van der Waals surface area contributed by atoms with Crippen LogP contribution in [0.15, 0.2) is 28.7 Å². The van der Waals surface area contributed by atoms with Gasteiger partial charge >= 0.3 is 0 Å². The van der Waals surface area contributed by atoms with Gasteiger partial charge in [-0.1, -0.05) is 27.5 Å². The summed E-state index contributed by atoms with van der Waals surface area (Å²) in [6.45, 7) is 2.03. The minimum absolute atomic E-state index is 0.536. The Morgan fingerprint density at radius 2 is 2.08 bits per heavy atom. The minimum Gasteiger partial charge on any atom is -0.236 e. The van der Waals surface area contributed by atoms with E-state index in [9.17, 15) is 0 Å². The predicted octanol–water partition coefficient (Wildman–Crippen LogP) is 3.96. The molecule has 0 atom stereocenters. The molecule has 2 aromatic rings. The number of nitrogens with zero attached hydrogens (tertiary/aromatic N) is 1. The number of fused-ring (bicyclic) bond motifs is 1. The molecule has 0 unspecified atom stereocenters. The van der Waals surface area contributed by atoms with Crippen molar-refractivity contribution in [1.82, 2.24) is 4.98 Å². The van der Waals surface area contributed by atoms with Crippen LogP contribution >= 0.6 is 27.5 Å². The molecule has 0 radical (unpaired) electrons. The summed E-state index contributed by atoms with van der Waals surface area (Å²) in [6.07, 6.45) is 0. The summed E-state index contributed by atoms with van der Waals surface area (Å²) in [5, 5.41) is 1.64. The van der Waals surface area contributed by atoms with Gasteiger partial charge in [0.05, 0.1) is 5.52 Å². The zero-order valence-corrected chi connectivity index (χ0v) is 9.35. The lowest BCUT2D eigenvalue weighted by atomic mass is 10.1. The summed E-state index contributed by atoms with van der Waals surface area (Å²) in [7, 11) is 0. The van der Waals surface area contributed by atoms with E-state index in [0.29, 0.717) is 5.15 Å². The number of hydrogen-bond acceptors (Lipinski definition) is 1. The topological polar surface area (TPSA) is 12.9 Å². The number of benzene rings is 1. The largest absolute Gasteiger partial charge is 0.236 e. The van der Waals surface area contributed by atoms with Gasteiger partial charge in [0, 0.05) is 9.86 Å². The highest BCUT2D eigenvalue weighted by Gasteiger charge is 2.00. The monoisotopic (exact) mass is 255 g/mol. The van der Waals surface area contributed by atoms with E-state index in [0.717, 1.165) is 15.4 Å². The summed E-state index contributed by atoms with van der Waals surface area (Å²) in [4.78, 5) is 4.22. The van der Waals surface area contributed by atoms with Crippen LogP contribution in [-0.2, 0) is 0 Å². The average Bonchev–Trinajstić information content (AvgIpc) is 2.08. The first-order valence-corrected chi connectivity index (χ1v) is 5.06. The van der Waals surface area contributed by atoms with Crippen LogP contribution < -0.4 is 0 Å². The van der Waals surface area contributed by atoms with Crippen molar-refractivity contribution in [1.29, 1.82) is 0 Å². The van der Waals surface area contributed by atoms with Crippen molar-refractivity contribution in [3.63, 3.8) is 0 Å². The lowest BCUT2D eigenvalue weighted by Crippen LogP contribution is -1.82. The Hall–Kier alpha value is -0.600. The summed E-state index contributed by atoms with van der Waals surface area (Å²) >= 11 is 9.26. The molecular formula is C10H7BrClN. The van der Waals surface area contributed by atoms with Gasteiger partial charge in [0.1, 0.15) is 5.15 Å². The molecule has 0 spiro atoms. The first-order chi connectivity index (χ1) is 6.16. The molecule has 0 aliphatic heterocycles. The normalized spacial score (nSPS) is 10.7. The number of aromatic nitrogens is 1. The van der Waals surface area contributed by atoms with Crippen molar-refractivity contribution in [3.8, 4) is 0 Å². The Labute approximate surface area is 89.9 Å². The molecule has 0 fully saturated rings. The van der Waals surface area contributed by atoms with E-state index < -0.39 is 0 Å². The maximum Gasteiger partial charge on any atom is 0.129 e. The third-order valence-corrected chi connectivity index (χ3v) is 3.00. The van der Waals surface area contributed by atoms with Gasteiger partial charge in [0.15, 0.2) is 0 Å². The van der Waals surface area contributed by atoms with E-state index in [2.05, 4.69) is 20.9 Å². The number of halogens is 2. The van der Waals surface area contributed by atoms with Crippen molar-refractivity contribution in [2.45, 2.75) is 6.92 Å². The fraction of sp³-hybridized carbons (Fsp3) is 0.100. The van der Waals surface area contributed by atoms with E-state index in [1.165, 1.54) is 5.56 Å². The lowest BCUT2D eigenvalue weighted by molar-refractivity contribution is 1.37. The van der Waals surface area contributed by atoms with Crippen LogP contribution in [-0.4, -0.2) is 4.98 Å². The fourth-order valence-electron chi connectivity index (χ4n) is 1.22. The third-order valence-electron chi connectivity index (χ3n) is 1.94. The first kappa shape index (κ1) is 8.97. The molecule has 0 aliphatic carbocycles. The zero-order chi connectivity index (χ0) is 9.42. The van der Waals surface area contributed by atoms with Crippen LogP contribution in [0.5, 0.6) is 0 Å². The maximum atomic E-state index is 5.79. The molecule has 0 amide bonds. The summed E-state index contributed by atoms with van der Waals surface area (Å²) < 4.78 is 1.10. The number of rotatable bonds is 0. The van der Waals surface area contributed by atoms with Crippen LogP contribution in [0.4, 0.5) is 0 Å². The second-order valence-electron chi connectivity index (χ2n) is 2.93. The van der Waals surface area contributed by atoms with Gasteiger partial charge in [0.2, 0.25) is 0 Å². The molecule has 1 aromatic heterocycles. The highest BCUT2D eigenvalue weighted by molar-refractivity contribution is 9.10. The van der Waals surface area contributed by atoms with E-state index in [1.807, 2.05) is 25.1 Å². The van der Waals surface area contributed by atoms with Crippen molar-refractivity contribution in [2.24, 2.45) is 0 Å². The van der Waals surface area contributed by atoms with E-state index >= 15 is 0 Å². The van der Waals surface area contributed by atoms with Crippen LogP contribution in [0, 0.1) is 6.92 Å². The summed E-state index contributed by atoms with van der Waals surface area (Å²) in [6, 6.07) is 7.83. The molecule has 1 aromatic carbocycles. The molecule has 66 valence electrons. The molecule has 0 saturated carbocycles. The van der Waals surface area contributed by atoms with Crippen molar-refractivity contribution in [2.75, 3.05) is 0 Å². The molecule has 13 heavy (non-hydrogen) atoms. The molecular weight excluding hydrogens is 249 g/mol. The highest BCUT2D eigenvalue weighted by Crippen LogP contribution is 2.23. The Bertz CT molecular complexity index is 468. The SMILES string of the molecule is Cc1cc2nc(Cl)ccc2cc1Br. The second-order valence-corrected chi connectivity index (χ2v) is 4.17. The van der Waals surface area contributed by atoms with Gasteiger partial charge in [-0.2, -0.15) is 0 Å². The maximum absolute atomic E-state index is 5.79. The first-order valence-electron chi connectivity index (χ1n) is 3.89. The average molecular weight is 257 g/mol. The molecule has 0 N–H and O–H groups in total. The third kappa shape index (κ3) is 1.69. The van der Waals surface area contributed by atoms with Crippen LogP contribution in [0.1, 0.15) is 5.56 Å². The van der Waals surface area contributed by atoms with Gasteiger partial charge in [-0.25, -0.2) is 4.98 Å². The van der Waals surface area contributed by atoms with Gasteiger partial charge in [-0.3, -0.25) is 0 Å². The Morgan fingerprint density at radius 1 is 1.31 bits per heavy atom. The van der Waals surface area contributed by atoms with E-state index in [-0.39, 0.29) is 0 Å². The van der Waals surface area contributed by atoms with Gasteiger partial charge in [-0.05, 0) is 36.8 Å². The van der Waals surface area contributed by atoms with Crippen LogP contribution in [0.3, 0.4) is 0 Å². The van der Waals surface area contributed by atoms with Crippen LogP contribution in [0.2, 0.25) is 5.15 Å². The zero-order valence-electron chi connectivity index (χ0n) is 7.01. The smallest absolute Gasteiger partial charge is 0.129 e. The molecule has 1 heterocycles. The highest BCUT2D eigenvalue weighted by atomic mass is 79.9. The van der Waals surface area contributed by atoms with Gasteiger partial charge in [0.25, 0.3) is 0 Å². The fourth-order valence-corrected chi connectivity index (χ4v) is 1.74. The molecule has 0 bridgehead atoms. The Morgan fingerprint density at radius 3 is 2.85 bits per heavy atom.